The van der Waals surface area contributed by atoms with E-state index < -0.39 is 5.41 Å². The molecule has 0 spiro atoms. The van der Waals surface area contributed by atoms with Crippen LogP contribution in [0.25, 0.3) is 0 Å². The molecule has 0 aliphatic carbocycles. The average Bonchev–Trinajstić information content (AvgIpc) is 2.27. The third kappa shape index (κ3) is 2.18. The van der Waals surface area contributed by atoms with Crippen LogP contribution in [0.1, 0.15) is 12.8 Å². The number of hydrogen-bond donors (Lipinski definition) is 1. The molecule has 88 valence electrons. The molecule has 0 bridgehead atoms. The minimum absolute atomic E-state index is 0.187. The van der Waals surface area contributed by atoms with Gasteiger partial charge in [0.15, 0.2) is 5.41 Å². The second-order valence-electron chi connectivity index (χ2n) is 4.45. The topological polar surface area (TPSA) is 71.4 Å². The number of amides is 1. The number of carbonyl (C=O) groups is 1. The molecule has 5 heteroatoms. The van der Waals surface area contributed by atoms with Crippen molar-refractivity contribution >= 4 is 5.91 Å². The third-order valence-electron chi connectivity index (χ3n) is 3.24. The highest BCUT2D eigenvalue weighted by molar-refractivity contribution is 5.86. The van der Waals surface area contributed by atoms with E-state index in [2.05, 4.69) is 5.32 Å². The Morgan fingerprint density at radius 2 is 2.06 bits per heavy atom. The van der Waals surface area contributed by atoms with Gasteiger partial charge in [0.2, 0.25) is 5.91 Å². The summed E-state index contributed by atoms with van der Waals surface area (Å²) in [5, 5.41) is 11.8. The van der Waals surface area contributed by atoms with Crippen LogP contribution in [0.3, 0.4) is 0 Å². The third-order valence-corrected chi connectivity index (χ3v) is 3.24. The summed E-state index contributed by atoms with van der Waals surface area (Å²) in [6, 6.07) is 2.04. The van der Waals surface area contributed by atoms with Gasteiger partial charge in [0.25, 0.3) is 0 Å². The van der Waals surface area contributed by atoms with Crippen molar-refractivity contribution in [1.29, 1.82) is 5.26 Å². The molecular weight excluding hydrogens is 208 g/mol. The average molecular weight is 224 g/mol. The summed E-state index contributed by atoms with van der Waals surface area (Å²) >= 11 is 0. The zero-order valence-electron chi connectivity index (χ0n) is 9.20. The summed E-state index contributed by atoms with van der Waals surface area (Å²) in [7, 11) is 0. The Balaban J connectivity index is 1.77. The van der Waals surface area contributed by atoms with Crippen molar-refractivity contribution in [3.05, 3.63) is 0 Å². The molecule has 0 aromatic rings. The number of nitrogens with zero attached hydrogens (tertiary/aromatic N) is 1. The van der Waals surface area contributed by atoms with E-state index >= 15 is 0 Å². The van der Waals surface area contributed by atoms with Crippen LogP contribution in [0.2, 0.25) is 0 Å². The first-order valence-electron chi connectivity index (χ1n) is 5.62. The summed E-state index contributed by atoms with van der Waals surface area (Å²) in [6.07, 6.45) is 1.96. The zero-order chi connectivity index (χ0) is 11.4. The first-order chi connectivity index (χ1) is 7.77. The quantitative estimate of drug-likeness (QED) is 0.736. The molecule has 0 atom stereocenters. The standard InChI is InChI=1S/C11H16N2O3/c12-6-11(7-16-8-11)10(14)13-5-9-1-3-15-4-2-9/h9H,1-5,7-8H2,(H,13,14). The molecule has 0 aromatic carbocycles. The molecule has 0 saturated carbocycles. The van der Waals surface area contributed by atoms with Gasteiger partial charge < -0.3 is 14.8 Å². The van der Waals surface area contributed by atoms with Crippen LogP contribution in [0.5, 0.6) is 0 Å². The Bertz CT molecular complexity index is 301. The maximum Gasteiger partial charge on any atom is 0.245 e. The highest BCUT2D eigenvalue weighted by Gasteiger charge is 2.46. The van der Waals surface area contributed by atoms with Crippen molar-refractivity contribution < 1.29 is 14.3 Å². The van der Waals surface area contributed by atoms with Gasteiger partial charge >= 0.3 is 0 Å². The van der Waals surface area contributed by atoms with Gasteiger partial charge in [0.1, 0.15) is 0 Å². The van der Waals surface area contributed by atoms with Gasteiger partial charge in [-0.15, -0.1) is 0 Å². The molecule has 2 aliphatic heterocycles. The fraction of sp³-hybridized carbons (Fsp3) is 0.818. The van der Waals surface area contributed by atoms with E-state index in [4.69, 9.17) is 14.7 Å². The highest BCUT2D eigenvalue weighted by atomic mass is 16.5. The molecule has 0 unspecified atom stereocenters. The molecule has 0 aromatic heterocycles. The molecule has 16 heavy (non-hydrogen) atoms. The van der Waals surface area contributed by atoms with Crippen LogP contribution in [-0.4, -0.2) is 38.9 Å². The minimum atomic E-state index is -0.925. The van der Waals surface area contributed by atoms with E-state index in [1.54, 1.807) is 0 Å². The van der Waals surface area contributed by atoms with E-state index in [-0.39, 0.29) is 19.1 Å². The van der Waals surface area contributed by atoms with Crippen LogP contribution < -0.4 is 5.32 Å². The highest BCUT2D eigenvalue weighted by Crippen LogP contribution is 2.26. The first kappa shape index (κ1) is 11.4. The molecule has 2 rings (SSSR count). The maximum absolute atomic E-state index is 11.8. The number of rotatable bonds is 3. The molecule has 2 aliphatic rings. The van der Waals surface area contributed by atoms with Gasteiger partial charge in [0.05, 0.1) is 19.3 Å². The van der Waals surface area contributed by atoms with Crippen molar-refractivity contribution in [1.82, 2.24) is 5.32 Å². The molecule has 5 nitrogen and oxygen atoms in total. The molecule has 0 radical (unpaired) electrons. The summed E-state index contributed by atoms with van der Waals surface area (Å²) in [5.74, 6) is 0.294. The number of carbonyl (C=O) groups excluding carboxylic acids is 1. The van der Waals surface area contributed by atoms with Crippen molar-refractivity contribution in [2.75, 3.05) is 33.0 Å². The lowest BCUT2D eigenvalue weighted by molar-refractivity contribution is -0.150. The van der Waals surface area contributed by atoms with E-state index in [9.17, 15) is 4.79 Å². The van der Waals surface area contributed by atoms with Crippen LogP contribution in [0.4, 0.5) is 0 Å². The Hall–Kier alpha value is -1.12. The number of nitrogens with one attached hydrogen (secondary N) is 1. The van der Waals surface area contributed by atoms with Crippen LogP contribution in [0, 0.1) is 22.7 Å². The second-order valence-corrected chi connectivity index (χ2v) is 4.45. The molecule has 1 N–H and O–H groups in total. The minimum Gasteiger partial charge on any atom is -0.381 e. The lowest BCUT2D eigenvalue weighted by Gasteiger charge is -2.34. The summed E-state index contributed by atoms with van der Waals surface area (Å²) in [5.41, 5.74) is -0.925. The van der Waals surface area contributed by atoms with Gasteiger partial charge in [-0.25, -0.2) is 0 Å². The van der Waals surface area contributed by atoms with Crippen LogP contribution in [0.15, 0.2) is 0 Å². The molecule has 2 fully saturated rings. The Morgan fingerprint density at radius 1 is 1.38 bits per heavy atom. The summed E-state index contributed by atoms with van der Waals surface area (Å²) in [4.78, 5) is 11.8. The van der Waals surface area contributed by atoms with Gasteiger partial charge in [-0.2, -0.15) is 5.26 Å². The monoisotopic (exact) mass is 224 g/mol. The second kappa shape index (κ2) is 4.81. The molecular formula is C11H16N2O3. The molecule has 1 amide bonds. The fourth-order valence-electron chi connectivity index (χ4n) is 1.91. The van der Waals surface area contributed by atoms with E-state index in [0.717, 1.165) is 26.1 Å². The summed E-state index contributed by atoms with van der Waals surface area (Å²) in [6.45, 7) is 2.64. The SMILES string of the molecule is N#CC1(C(=O)NCC2CCOCC2)COC1. The van der Waals surface area contributed by atoms with Crippen molar-refractivity contribution in [3.63, 3.8) is 0 Å². The Morgan fingerprint density at radius 3 is 2.56 bits per heavy atom. The van der Waals surface area contributed by atoms with Crippen LogP contribution >= 0.6 is 0 Å². The smallest absolute Gasteiger partial charge is 0.245 e. The van der Waals surface area contributed by atoms with Crippen LogP contribution in [-0.2, 0) is 14.3 Å². The largest absolute Gasteiger partial charge is 0.381 e. The van der Waals surface area contributed by atoms with E-state index in [1.807, 2.05) is 6.07 Å². The van der Waals surface area contributed by atoms with Crippen molar-refractivity contribution in [3.8, 4) is 6.07 Å². The number of ether oxygens (including phenoxy) is 2. The van der Waals surface area contributed by atoms with Crippen molar-refractivity contribution in [2.45, 2.75) is 12.8 Å². The fourth-order valence-corrected chi connectivity index (χ4v) is 1.91. The first-order valence-corrected chi connectivity index (χ1v) is 5.62. The van der Waals surface area contributed by atoms with E-state index in [1.165, 1.54) is 0 Å². The predicted octanol–water partition coefficient (Wildman–Crippen LogP) is 0.0694. The molecule has 2 saturated heterocycles. The van der Waals surface area contributed by atoms with Gasteiger partial charge in [-0.05, 0) is 18.8 Å². The maximum atomic E-state index is 11.8. The number of hydrogen-bond acceptors (Lipinski definition) is 4. The van der Waals surface area contributed by atoms with E-state index in [0.29, 0.717) is 12.5 Å². The number of nitriles is 1. The van der Waals surface area contributed by atoms with Crippen molar-refractivity contribution in [2.24, 2.45) is 11.3 Å². The lowest BCUT2D eigenvalue weighted by atomic mass is 9.86. The predicted molar refractivity (Wildman–Crippen MR) is 55.4 cm³/mol. The molecule has 2 heterocycles. The zero-order valence-corrected chi connectivity index (χ0v) is 9.20. The Labute approximate surface area is 94.7 Å². The van der Waals surface area contributed by atoms with Gasteiger partial charge in [-0.1, -0.05) is 0 Å². The summed E-state index contributed by atoms with van der Waals surface area (Å²) < 4.78 is 10.2. The van der Waals surface area contributed by atoms with Gasteiger partial charge in [0, 0.05) is 19.8 Å². The van der Waals surface area contributed by atoms with Gasteiger partial charge in [-0.3, -0.25) is 4.79 Å². The Kier molecular flexibility index (Phi) is 3.42. The normalized spacial score (nSPS) is 24.2. The lowest BCUT2D eigenvalue weighted by Crippen LogP contribution is -2.54.